The number of nitriles is 1. The van der Waals surface area contributed by atoms with Gasteiger partial charge in [-0.15, -0.1) is 0 Å². The molecule has 6 nitrogen and oxygen atoms in total. The normalized spacial score (nSPS) is 16.4. The predicted octanol–water partition coefficient (Wildman–Crippen LogP) is 5.71. The third-order valence-electron chi connectivity index (χ3n) is 7.04. The Labute approximate surface area is 216 Å². The maximum Gasteiger partial charge on any atom is 0.262 e. The molecule has 0 saturated carbocycles. The standard InChI is InChI=1S/C30H41N3O3/c1-22(21-35-5)23(2)36-16-13-30(3,4)32-29(34)27(20-31)18-24-9-10-26-19-28(12-11-25(26)17-24)33-14-7-6-8-15-33/h9-12,17-19,22-23H,6-8,13-16,21H2,1-5H3,(H,32,34)/b27-18+. The molecular formula is C30H41N3O3. The van der Waals surface area contributed by atoms with Gasteiger partial charge in [-0.1, -0.05) is 25.1 Å². The van der Waals surface area contributed by atoms with Crippen LogP contribution in [-0.2, 0) is 14.3 Å². The fourth-order valence-corrected chi connectivity index (χ4v) is 4.51. The Morgan fingerprint density at radius 2 is 1.83 bits per heavy atom. The molecule has 1 aliphatic heterocycles. The minimum absolute atomic E-state index is 0.0647. The van der Waals surface area contributed by atoms with Crippen molar-refractivity contribution in [3.8, 4) is 6.07 Å². The van der Waals surface area contributed by atoms with Crippen LogP contribution in [0.4, 0.5) is 5.69 Å². The van der Waals surface area contributed by atoms with Crippen LogP contribution in [0.25, 0.3) is 16.8 Å². The number of amides is 1. The molecule has 0 bridgehead atoms. The van der Waals surface area contributed by atoms with Crippen LogP contribution in [-0.4, -0.2) is 51.0 Å². The van der Waals surface area contributed by atoms with Gasteiger partial charge < -0.3 is 19.7 Å². The Kier molecular flexibility index (Phi) is 9.92. The molecule has 0 radical (unpaired) electrons. The van der Waals surface area contributed by atoms with Gasteiger partial charge in [0, 0.05) is 44.0 Å². The summed E-state index contributed by atoms with van der Waals surface area (Å²) in [5.41, 5.74) is 1.68. The average Bonchev–Trinajstić information content (AvgIpc) is 2.87. The quantitative estimate of drug-likeness (QED) is 0.322. The van der Waals surface area contributed by atoms with Gasteiger partial charge in [-0.05, 0) is 87.1 Å². The minimum atomic E-state index is -0.508. The lowest BCUT2D eigenvalue weighted by atomic mass is 9.99. The largest absolute Gasteiger partial charge is 0.384 e. The van der Waals surface area contributed by atoms with E-state index in [-0.39, 0.29) is 17.6 Å². The summed E-state index contributed by atoms with van der Waals surface area (Å²) in [6.45, 7) is 11.4. The molecule has 2 aromatic rings. The number of benzene rings is 2. The van der Waals surface area contributed by atoms with Crippen LogP contribution in [0.5, 0.6) is 0 Å². The number of hydrogen-bond acceptors (Lipinski definition) is 5. The Morgan fingerprint density at radius 1 is 1.14 bits per heavy atom. The van der Waals surface area contributed by atoms with Gasteiger partial charge in [0.15, 0.2) is 0 Å². The number of rotatable bonds is 11. The molecular weight excluding hydrogens is 450 g/mol. The van der Waals surface area contributed by atoms with E-state index >= 15 is 0 Å². The molecule has 1 saturated heterocycles. The van der Waals surface area contributed by atoms with Crippen LogP contribution in [0, 0.1) is 17.2 Å². The smallest absolute Gasteiger partial charge is 0.262 e. The monoisotopic (exact) mass is 491 g/mol. The van der Waals surface area contributed by atoms with Gasteiger partial charge in [0.1, 0.15) is 11.6 Å². The van der Waals surface area contributed by atoms with Crippen molar-refractivity contribution in [2.24, 2.45) is 5.92 Å². The minimum Gasteiger partial charge on any atom is -0.384 e. The van der Waals surface area contributed by atoms with Crippen LogP contribution < -0.4 is 10.2 Å². The summed E-state index contributed by atoms with van der Waals surface area (Å²) in [6, 6.07) is 14.7. The number of carbonyl (C=O) groups excluding carboxylic acids is 1. The van der Waals surface area contributed by atoms with Gasteiger partial charge in [-0.2, -0.15) is 5.26 Å². The van der Waals surface area contributed by atoms with Gasteiger partial charge in [0.05, 0.1) is 12.7 Å². The number of ether oxygens (including phenoxy) is 2. The zero-order valence-electron chi connectivity index (χ0n) is 22.5. The van der Waals surface area contributed by atoms with Crippen LogP contribution in [0.3, 0.4) is 0 Å². The molecule has 3 rings (SSSR count). The Balaban J connectivity index is 1.63. The molecule has 0 aliphatic carbocycles. The number of carbonyl (C=O) groups is 1. The number of nitrogens with one attached hydrogen (secondary N) is 1. The molecule has 1 aliphatic rings. The topological polar surface area (TPSA) is 74.6 Å². The highest BCUT2D eigenvalue weighted by atomic mass is 16.5. The molecule has 0 spiro atoms. The summed E-state index contributed by atoms with van der Waals surface area (Å²) < 4.78 is 11.1. The lowest BCUT2D eigenvalue weighted by Gasteiger charge is -2.29. The van der Waals surface area contributed by atoms with Crippen LogP contribution in [0.1, 0.15) is 58.9 Å². The van der Waals surface area contributed by atoms with Crippen molar-refractivity contribution in [2.45, 2.75) is 65.0 Å². The van der Waals surface area contributed by atoms with Crippen molar-refractivity contribution < 1.29 is 14.3 Å². The highest BCUT2D eigenvalue weighted by molar-refractivity contribution is 6.02. The van der Waals surface area contributed by atoms with E-state index in [1.807, 2.05) is 32.9 Å². The lowest BCUT2D eigenvalue weighted by Crippen LogP contribution is -2.45. The second-order valence-electron chi connectivity index (χ2n) is 10.6. The van der Waals surface area contributed by atoms with E-state index in [0.717, 1.165) is 29.4 Å². The van der Waals surface area contributed by atoms with Gasteiger partial charge in [-0.25, -0.2) is 0 Å². The van der Waals surface area contributed by atoms with Gasteiger partial charge >= 0.3 is 0 Å². The lowest BCUT2D eigenvalue weighted by molar-refractivity contribution is -0.118. The van der Waals surface area contributed by atoms with E-state index in [1.54, 1.807) is 13.2 Å². The summed E-state index contributed by atoms with van der Waals surface area (Å²) in [4.78, 5) is 15.4. The molecule has 36 heavy (non-hydrogen) atoms. The molecule has 2 atom stereocenters. The van der Waals surface area contributed by atoms with Crippen molar-refractivity contribution in [3.63, 3.8) is 0 Å². The number of anilines is 1. The molecule has 1 amide bonds. The van der Waals surface area contributed by atoms with E-state index < -0.39 is 5.54 Å². The highest BCUT2D eigenvalue weighted by Crippen LogP contribution is 2.26. The van der Waals surface area contributed by atoms with Crippen molar-refractivity contribution in [2.75, 3.05) is 38.3 Å². The third kappa shape index (κ3) is 7.81. The maximum atomic E-state index is 12.9. The maximum absolute atomic E-state index is 12.9. The molecule has 1 N–H and O–H groups in total. The fraction of sp³-hybridized carbons (Fsp3) is 0.533. The van der Waals surface area contributed by atoms with Crippen molar-refractivity contribution >= 4 is 28.4 Å². The number of fused-ring (bicyclic) bond motifs is 1. The molecule has 2 unspecified atom stereocenters. The van der Waals surface area contributed by atoms with E-state index in [2.05, 4.69) is 47.5 Å². The number of methoxy groups -OCH3 is 1. The van der Waals surface area contributed by atoms with Crippen LogP contribution in [0.15, 0.2) is 42.0 Å². The molecule has 0 aromatic heterocycles. The first-order chi connectivity index (χ1) is 17.2. The van der Waals surface area contributed by atoms with Crippen LogP contribution >= 0.6 is 0 Å². The summed E-state index contributed by atoms with van der Waals surface area (Å²) in [5.74, 6) is -0.0806. The van der Waals surface area contributed by atoms with Crippen molar-refractivity contribution in [1.29, 1.82) is 5.26 Å². The van der Waals surface area contributed by atoms with E-state index in [1.165, 1.54) is 24.9 Å². The van der Waals surface area contributed by atoms with Crippen molar-refractivity contribution in [1.82, 2.24) is 5.32 Å². The molecule has 6 heteroatoms. The fourth-order valence-electron chi connectivity index (χ4n) is 4.51. The van der Waals surface area contributed by atoms with E-state index in [4.69, 9.17) is 9.47 Å². The predicted molar refractivity (Wildman–Crippen MR) is 147 cm³/mol. The Morgan fingerprint density at radius 3 is 2.53 bits per heavy atom. The summed E-state index contributed by atoms with van der Waals surface area (Å²) >= 11 is 0. The first kappa shape index (κ1) is 27.7. The zero-order chi connectivity index (χ0) is 26.1. The molecule has 2 aromatic carbocycles. The number of hydrogen-bond donors (Lipinski definition) is 1. The Bertz CT molecular complexity index is 1100. The first-order valence-electron chi connectivity index (χ1n) is 13.1. The summed E-state index contributed by atoms with van der Waals surface area (Å²) in [5, 5.41) is 14.9. The first-order valence-corrected chi connectivity index (χ1v) is 13.1. The van der Waals surface area contributed by atoms with E-state index in [9.17, 15) is 10.1 Å². The van der Waals surface area contributed by atoms with Gasteiger partial charge in [0.2, 0.25) is 0 Å². The van der Waals surface area contributed by atoms with Gasteiger partial charge in [0.25, 0.3) is 5.91 Å². The third-order valence-corrected chi connectivity index (χ3v) is 7.04. The van der Waals surface area contributed by atoms with E-state index in [0.29, 0.717) is 25.6 Å². The summed E-state index contributed by atoms with van der Waals surface area (Å²) in [6.07, 6.45) is 6.17. The zero-order valence-corrected chi connectivity index (χ0v) is 22.5. The highest BCUT2D eigenvalue weighted by Gasteiger charge is 2.23. The molecule has 1 heterocycles. The Hall–Kier alpha value is -2.88. The molecule has 1 fully saturated rings. The number of piperidine rings is 1. The van der Waals surface area contributed by atoms with Crippen LogP contribution in [0.2, 0.25) is 0 Å². The molecule has 194 valence electrons. The second-order valence-corrected chi connectivity index (χ2v) is 10.6. The number of nitrogens with zero attached hydrogens (tertiary/aromatic N) is 2. The second kappa shape index (κ2) is 12.9. The summed E-state index contributed by atoms with van der Waals surface area (Å²) in [7, 11) is 1.69. The SMILES string of the molecule is COCC(C)C(C)OCCC(C)(C)NC(=O)/C(C#N)=C/c1ccc2cc(N3CCCCC3)ccc2c1. The average molecular weight is 492 g/mol. The van der Waals surface area contributed by atoms with Crippen molar-refractivity contribution in [3.05, 3.63) is 47.5 Å². The van der Waals surface area contributed by atoms with Gasteiger partial charge in [-0.3, -0.25) is 4.79 Å².